The van der Waals surface area contributed by atoms with E-state index in [9.17, 15) is 19.5 Å². The van der Waals surface area contributed by atoms with Crippen LogP contribution in [0.2, 0.25) is 0 Å². The number of carboxylic acid groups (broad SMARTS) is 1. The number of carbonyl (C=O) groups excluding carboxylic acids is 3. The Kier molecular flexibility index (Phi) is 8.97. The minimum absolute atomic E-state index is 0.00767. The second-order valence-corrected chi connectivity index (χ2v) is 9.12. The van der Waals surface area contributed by atoms with Crippen LogP contribution in [0, 0.1) is 6.92 Å². The summed E-state index contributed by atoms with van der Waals surface area (Å²) in [4.78, 5) is 37.9. The molecule has 0 spiro atoms. The third-order valence-electron chi connectivity index (χ3n) is 5.42. The fourth-order valence-electron chi connectivity index (χ4n) is 3.50. The monoisotopic (exact) mass is 507 g/mol. The normalized spacial score (nSPS) is 11.3. The van der Waals surface area contributed by atoms with Crippen LogP contribution >= 0.6 is 11.8 Å². The molecule has 0 aliphatic carbocycles. The van der Waals surface area contributed by atoms with Crippen molar-refractivity contribution < 1.29 is 29.0 Å². The van der Waals surface area contributed by atoms with Gasteiger partial charge in [-0.15, -0.1) is 11.8 Å². The van der Waals surface area contributed by atoms with Crippen LogP contribution in [-0.2, 0) is 4.79 Å². The molecule has 188 valence electrons. The van der Waals surface area contributed by atoms with Crippen molar-refractivity contribution in [1.82, 2.24) is 0 Å². The van der Waals surface area contributed by atoms with Gasteiger partial charge in [-0.1, -0.05) is 31.2 Å². The fourth-order valence-corrected chi connectivity index (χ4v) is 4.51. The molecule has 3 aromatic rings. The highest BCUT2D eigenvalue weighted by Gasteiger charge is 2.21. The van der Waals surface area contributed by atoms with Crippen molar-refractivity contribution in [2.24, 2.45) is 0 Å². The zero-order valence-electron chi connectivity index (χ0n) is 20.4. The van der Waals surface area contributed by atoms with Gasteiger partial charge in [-0.3, -0.25) is 9.59 Å². The van der Waals surface area contributed by atoms with Gasteiger partial charge in [0.2, 0.25) is 5.91 Å². The van der Waals surface area contributed by atoms with E-state index in [1.807, 2.05) is 13.0 Å². The first-order chi connectivity index (χ1) is 17.3. The largest absolute Gasteiger partial charge is 0.545 e. The highest BCUT2D eigenvalue weighted by atomic mass is 32.2. The number of aromatic carboxylic acids is 1. The molecule has 0 saturated carbocycles. The molecule has 1 atom stereocenters. The Labute approximate surface area is 214 Å². The molecule has 36 heavy (non-hydrogen) atoms. The van der Waals surface area contributed by atoms with E-state index in [2.05, 4.69) is 10.6 Å². The van der Waals surface area contributed by atoms with Crippen molar-refractivity contribution in [1.29, 1.82) is 0 Å². The molecule has 0 bridgehead atoms. The van der Waals surface area contributed by atoms with Crippen LogP contribution < -0.4 is 25.2 Å². The second kappa shape index (κ2) is 12.1. The van der Waals surface area contributed by atoms with Gasteiger partial charge >= 0.3 is 0 Å². The molecule has 0 heterocycles. The number of hydrogen-bond donors (Lipinski definition) is 2. The molecule has 3 aromatic carbocycles. The number of nitrogens with one attached hydrogen (secondary N) is 2. The Morgan fingerprint density at radius 3 is 2.22 bits per heavy atom. The van der Waals surface area contributed by atoms with Crippen molar-refractivity contribution >= 4 is 40.9 Å². The van der Waals surface area contributed by atoms with Crippen LogP contribution in [0.3, 0.4) is 0 Å². The third-order valence-corrected chi connectivity index (χ3v) is 6.78. The lowest BCUT2D eigenvalue weighted by Crippen LogP contribution is -2.26. The van der Waals surface area contributed by atoms with E-state index in [1.54, 1.807) is 49.4 Å². The van der Waals surface area contributed by atoms with Gasteiger partial charge in [-0.05, 0) is 60.9 Å². The molecule has 9 heteroatoms. The summed E-state index contributed by atoms with van der Waals surface area (Å²) in [6, 6.07) is 16.7. The molecule has 0 fully saturated rings. The molecule has 0 aromatic heterocycles. The maximum atomic E-state index is 13.0. The van der Waals surface area contributed by atoms with E-state index in [0.717, 1.165) is 10.5 Å². The zero-order valence-corrected chi connectivity index (χ0v) is 21.2. The Morgan fingerprint density at radius 1 is 0.944 bits per heavy atom. The summed E-state index contributed by atoms with van der Waals surface area (Å²) in [5, 5.41) is 16.4. The SMILES string of the molecule is CCC(Sc1cccc(NC(=O)c2c(OC)cccc2OC)c1)C(=O)Nc1cc(C(=O)[O-])ccc1C. The van der Waals surface area contributed by atoms with Crippen molar-refractivity contribution in [2.45, 2.75) is 30.4 Å². The lowest BCUT2D eigenvalue weighted by Gasteiger charge is -2.17. The van der Waals surface area contributed by atoms with E-state index in [4.69, 9.17) is 9.47 Å². The van der Waals surface area contributed by atoms with Gasteiger partial charge < -0.3 is 30.0 Å². The molecular weight excluding hydrogens is 480 g/mol. The van der Waals surface area contributed by atoms with Crippen LogP contribution in [0.25, 0.3) is 0 Å². The summed E-state index contributed by atoms with van der Waals surface area (Å²) < 4.78 is 10.6. The standard InChI is InChI=1S/C27H28N2O6S/c1-5-23(25(30)29-20-14-17(27(32)33)13-12-16(20)2)36-19-9-6-8-18(15-19)28-26(31)24-21(34-3)10-7-11-22(24)35-4/h6-15,23H,5H2,1-4H3,(H,28,31)(H,29,30)(H,32,33)/p-1. The predicted octanol–water partition coefficient (Wildman–Crippen LogP) is 4.14. The first-order valence-corrected chi connectivity index (χ1v) is 12.1. The van der Waals surface area contributed by atoms with Crippen molar-refractivity contribution in [3.63, 3.8) is 0 Å². The highest BCUT2D eigenvalue weighted by Crippen LogP contribution is 2.31. The Hall–Kier alpha value is -3.98. The zero-order chi connectivity index (χ0) is 26.2. The summed E-state index contributed by atoms with van der Waals surface area (Å²) in [5.41, 5.74) is 1.98. The van der Waals surface area contributed by atoms with E-state index >= 15 is 0 Å². The minimum Gasteiger partial charge on any atom is -0.545 e. The lowest BCUT2D eigenvalue weighted by atomic mass is 10.1. The second-order valence-electron chi connectivity index (χ2n) is 7.84. The number of ether oxygens (including phenoxy) is 2. The van der Waals surface area contributed by atoms with Gasteiger partial charge in [0.1, 0.15) is 17.1 Å². The Morgan fingerprint density at radius 2 is 1.61 bits per heavy atom. The molecule has 0 saturated heterocycles. The average Bonchev–Trinajstić information content (AvgIpc) is 2.87. The van der Waals surface area contributed by atoms with Gasteiger partial charge in [-0.2, -0.15) is 0 Å². The van der Waals surface area contributed by atoms with Gasteiger partial charge in [0, 0.05) is 16.3 Å². The van der Waals surface area contributed by atoms with E-state index < -0.39 is 11.2 Å². The highest BCUT2D eigenvalue weighted by molar-refractivity contribution is 8.00. The average molecular weight is 508 g/mol. The molecular formula is C27H27N2O6S-. The van der Waals surface area contributed by atoms with Crippen molar-refractivity contribution in [3.8, 4) is 11.5 Å². The molecule has 0 aliphatic rings. The van der Waals surface area contributed by atoms with Gasteiger partial charge in [0.05, 0.1) is 25.4 Å². The third kappa shape index (κ3) is 6.37. The maximum Gasteiger partial charge on any atom is 0.263 e. The molecule has 0 aliphatic heterocycles. The predicted molar refractivity (Wildman–Crippen MR) is 138 cm³/mol. The van der Waals surface area contributed by atoms with Crippen LogP contribution in [-0.4, -0.2) is 37.3 Å². The number of benzene rings is 3. The molecule has 2 N–H and O–H groups in total. The Balaban J connectivity index is 1.75. The van der Waals surface area contributed by atoms with Gasteiger partial charge in [0.25, 0.3) is 5.91 Å². The van der Waals surface area contributed by atoms with Crippen molar-refractivity contribution in [2.75, 3.05) is 24.9 Å². The molecule has 8 nitrogen and oxygen atoms in total. The van der Waals surface area contributed by atoms with Crippen LogP contribution in [0.5, 0.6) is 11.5 Å². The summed E-state index contributed by atoms with van der Waals surface area (Å²) in [6.07, 6.45) is 0.532. The quantitative estimate of drug-likeness (QED) is 0.396. The van der Waals surface area contributed by atoms with E-state index in [1.165, 1.54) is 38.1 Å². The molecule has 0 radical (unpaired) electrons. The Bertz CT molecular complexity index is 1250. The van der Waals surface area contributed by atoms with Crippen LogP contribution in [0.4, 0.5) is 11.4 Å². The van der Waals surface area contributed by atoms with E-state index in [-0.39, 0.29) is 22.9 Å². The number of carboxylic acids is 1. The number of thioether (sulfide) groups is 1. The topological polar surface area (TPSA) is 117 Å². The van der Waals surface area contributed by atoms with Crippen molar-refractivity contribution in [3.05, 3.63) is 77.4 Å². The number of methoxy groups -OCH3 is 2. The first kappa shape index (κ1) is 26.6. The number of rotatable bonds is 10. The van der Waals surface area contributed by atoms with Gasteiger partial charge in [0.15, 0.2) is 0 Å². The first-order valence-electron chi connectivity index (χ1n) is 11.2. The number of aryl methyl sites for hydroxylation is 1. The summed E-state index contributed by atoms with van der Waals surface area (Å²) in [6.45, 7) is 3.67. The smallest absolute Gasteiger partial charge is 0.263 e. The fraction of sp³-hybridized carbons (Fsp3) is 0.222. The number of carbonyl (C=O) groups is 3. The van der Waals surface area contributed by atoms with Gasteiger partial charge in [-0.25, -0.2) is 0 Å². The molecule has 1 unspecified atom stereocenters. The minimum atomic E-state index is -1.31. The molecule has 2 amide bonds. The maximum absolute atomic E-state index is 13.0. The van der Waals surface area contributed by atoms with Crippen LogP contribution in [0.15, 0.2) is 65.6 Å². The summed E-state index contributed by atoms with van der Waals surface area (Å²) >= 11 is 1.34. The number of amides is 2. The van der Waals surface area contributed by atoms with E-state index in [0.29, 0.717) is 29.3 Å². The number of anilines is 2. The number of hydrogen-bond acceptors (Lipinski definition) is 7. The lowest BCUT2D eigenvalue weighted by molar-refractivity contribution is -0.255. The summed E-state index contributed by atoms with van der Waals surface area (Å²) in [7, 11) is 2.96. The molecule has 3 rings (SSSR count). The summed E-state index contributed by atoms with van der Waals surface area (Å²) in [5.74, 6) is -1.18. The van der Waals surface area contributed by atoms with Crippen LogP contribution in [0.1, 0.15) is 39.6 Å².